The summed E-state index contributed by atoms with van der Waals surface area (Å²) in [6.07, 6.45) is 7.35. The van der Waals surface area contributed by atoms with Crippen molar-refractivity contribution in [2.24, 2.45) is 0 Å². The Balaban J connectivity index is 1.30. The maximum Gasteiger partial charge on any atom is 0.256 e. The van der Waals surface area contributed by atoms with Crippen LogP contribution in [0, 0.1) is 0 Å². The molecule has 166 valence electrons. The average molecular weight is 440 g/mol. The van der Waals surface area contributed by atoms with Gasteiger partial charge < -0.3 is 15.6 Å². The number of aromatic nitrogens is 3. The molecule has 1 aliphatic carbocycles. The van der Waals surface area contributed by atoms with E-state index in [1.54, 1.807) is 30.5 Å². The molecule has 4 aromatic rings. The van der Waals surface area contributed by atoms with Crippen molar-refractivity contribution >= 4 is 28.7 Å². The number of hydrogen-bond donors (Lipinski definition) is 3. The number of nitrogens with zero attached hydrogens (tertiary/aromatic N) is 2. The lowest BCUT2D eigenvalue weighted by atomic mass is 9.95. The Morgan fingerprint density at radius 1 is 0.879 bits per heavy atom. The van der Waals surface area contributed by atoms with Gasteiger partial charge in [-0.3, -0.25) is 9.59 Å². The van der Waals surface area contributed by atoms with E-state index in [0.29, 0.717) is 22.8 Å². The van der Waals surface area contributed by atoms with Gasteiger partial charge in [-0.05, 0) is 55.3 Å². The molecule has 0 saturated heterocycles. The molecule has 7 nitrogen and oxygen atoms in total. The zero-order chi connectivity index (χ0) is 22.6. The van der Waals surface area contributed by atoms with E-state index in [9.17, 15) is 9.59 Å². The van der Waals surface area contributed by atoms with E-state index >= 15 is 0 Å². The molecule has 7 heteroatoms. The van der Waals surface area contributed by atoms with Crippen LogP contribution in [-0.4, -0.2) is 32.8 Å². The Labute approximate surface area is 191 Å². The summed E-state index contributed by atoms with van der Waals surface area (Å²) in [7, 11) is 0. The van der Waals surface area contributed by atoms with Crippen molar-refractivity contribution in [3.05, 3.63) is 78.0 Å². The van der Waals surface area contributed by atoms with Gasteiger partial charge in [-0.25, -0.2) is 9.97 Å². The van der Waals surface area contributed by atoms with E-state index in [-0.39, 0.29) is 17.9 Å². The maximum atomic E-state index is 12.7. The molecule has 1 aliphatic rings. The number of nitrogens with one attached hydrogen (secondary N) is 3. The van der Waals surface area contributed by atoms with Crippen LogP contribution in [0.4, 0.5) is 5.82 Å². The number of pyridine rings is 1. The highest BCUT2D eigenvalue weighted by Gasteiger charge is 2.17. The molecule has 3 N–H and O–H groups in total. The molecule has 0 spiro atoms. The third kappa shape index (κ3) is 4.77. The molecule has 1 saturated carbocycles. The monoisotopic (exact) mass is 439 g/mol. The number of carbonyl (C=O) groups excluding carboxylic acids is 2. The molecular formula is C26H25N5O2. The quantitative estimate of drug-likeness (QED) is 0.410. The van der Waals surface area contributed by atoms with Gasteiger partial charge in [0.05, 0.1) is 11.0 Å². The van der Waals surface area contributed by atoms with Gasteiger partial charge in [0.1, 0.15) is 11.6 Å². The zero-order valence-corrected chi connectivity index (χ0v) is 18.2. The molecule has 2 heterocycles. The highest BCUT2D eigenvalue weighted by atomic mass is 16.2. The minimum Gasteiger partial charge on any atom is -0.349 e. The maximum absolute atomic E-state index is 12.7. The number of H-pyrrole nitrogens is 1. The normalized spacial score (nSPS) is 14.2. The van der Waals surface area contributed by atoms with Crippen LogP contribution in [0.1, 0.15) is 52.8 Å². The van der Waals surface area contributed by atoms with Crippen LogP contribution in [0.5, 0.6) is 0 Å². The molecule has 2 aromatic heterocycles. The lowest BCUT2D eigenvalue weighted by Gasteiger charge is -2.22. The van der Waals surface area contributed by atoms with Gasteiger partial charge >= 0.3 is 0 Å². The minimum absolute atomic E-state index is 0.0387. The van der Waals surface area contributed by atoms with Crippen molar-refractivity contribution in [2.75, 3.05) is 5.32 Å². The van der Waals surface area contributed by atoms with Crippen LogP contribution >= 0.6 is 0 Å². The smallest absolute Gasteiger partial charge is 0.256 e. The van der Waals surface area contributed by atoms with Crippen LogP contribution in [0.15, 0.2) is 66.9 Å². The van der Waals surface area contributed by atoms with E-state index < -0.39 is 0 Å². The van der Waals surface area contributed by atoms with E-state index in [4.69, 9.17) is 0 Å². The fraction of sp³-hybridized carbons (Fsp3) is 0.231. The summed E-state index contributed by atoms with van der Waals surface area (Å²) in [5, 5.41) is 5.93. The first kappa shape index (κ1) is 20.9. The van der Waals surface area contributed by atoms with Gasteiger partial charge in [0.2, 0.25) is 0 Å². The van der Waals surface area contributed by atoms with Crippen molar-refractivity contribution in [3.63, 3.8) is 0 Å². The zero-order valence-electron chi connectivity index (χ0n) is 18.2. The third-order valence-corrected chi connectivity index (χ3v) is 6.01. The summed E-state index contributed by atoms with van der Waals surface area (Å²) in [6.45, 7) is 0. The Morgan fingerprint density at radius 3 is 2.42 bits per heavy atom. The summed E-state index contributed by atoms with van der Waals surface area (Å²) < 4.78 is 0. The second kappa shape index (κ2) is 9.24. The number of carbonyl (C=O) groups is 2. The van der Waals surface area contributed by atoms with E-state index in [1.165, 1.54) is 19.3 Å². The molecule has 0 bridgehead atoms. The number of aromatic amines is 1. The van der Waals surface area contributed by atoms with Gasteiger partial charge in [0.15, 0.2) is 0 Å². The summed E-state index contributed by atoms with van der Waals surface area (Å²) in [4.78, 5) is 37.2. The Morgan fingerprint density at radius 2 is 1.67 bits per heavy atom. The van der Waals surface area contributed by atoms with Crippen molar-refractivity contribution in [1.29, 1.82) is 0 Å². The fourth-order valence-corrected chi connectivity index (χ4v) is 4.21. The van der Waals surface area contributed by atoms with Gasteiger partial charge in [-0.1, -0.05) is 37.5 Å². The number of fused-ring (bicyclic) bond motifs is 1. The highest BCUT2D eigenvalue weighted by Crippen LogP contribution is 2.23. The summed E-state index contributed by atoms with van der Waals surface area (Å²) in [5.41, 5.74) is 3.61. The SMILES string of the molecule is O=C(Nc1ccccn1)c1ccc(-c2nc3ccc(C(=O)NC4CCCCC4)cc3[nH]2)cc1. The van der Waals surface area contributed by atoms with Gasteiger partial charge in [0.25, 0.3) is 11.8 Å². The molecule has 0 unspecified atom stereocenters. The third-order valence-electron chi connectivity index (χ3n) is 6.01. The summed E-state index contributed by atoms with van der Waals surface area (Å²) >= 11 is 0. The van der Waals surface area contributed by atoms with Crippen molar-refractivity contribution in [1.82, 2.24) is 20.3 Å². The van der Waals surface area contributed by atoms with Gasteiger partial charge in [-0.2, -0.15) is 0 Å². The second-order valence-electron chi connectivity index (χ2n) is 8.37. The molecule has 33 heavy (non-hydrogen) atoms. The van der Waals surface area contributed by atoms with Crippen molar-refractivity contribution in [2.45, 2.75) is 38.1 Å². The first-order chi connectivity index (χ1) is 16.2. The van der Waals surface area contributed by atoms with Crippen molar-refractivity contribution in [3.8, 4) is 11.4 Å². The Bertz CT molecular complexity index is 1280. The van der Waals surface area contributed by atoms with Gasteiger partial charge in [-0.15, -0.1) is 0 Å². The molecular weight excluding hydrogens is 414 g/mol. The molecule has 0 aliphatic heterocycles. The Hall–Kier alpha value is -4.00. The lowest BCUT2D eigenvalue weighted by molar-refractivity contribution is 0.0927. The molecule has 5 rings (SSSR count). The number of rotatable bonds is 5. The van der Waals surface area contributed by atoms with E-state index in [2.05, 4.69) is 25.6 Å². The predicted molar refractivity (Wildman–Crippen MR) is 128 cm³/mol. The van der Waals surface area contributed by atoms with Crippen LogP contribution < -0.4 is 10.6 Å². The highest BCUT2D eigenvalue weighted by molar-refractivity contribution is 6.04. The second-order valence-corrected chi connectivity index (χ2v) is 8.37. The Kier molecular flexibility index (Phi) is 5.85. The van der Waals surface area contributed by atoms with Crippen LogP contribution in [0.25, 0.3) is 22.4 Å². The van der Waals surface area contributed by atoms with Gasteiger partial charge in [0, 0.05) is 28.9 Å². The molecule has 2 aromatic carbocycles. The van der Waals surface area contributed by atoms with Crippen LogP contribution in [-0.2, 0) is 0 Å². The standard InChI is InChI=1S/C26H25N5O2/c32-25(31-23-8-4-5-15-27-23)18-11-9-17(10-12-18)24-29-21-14-13-19(16-22(21)30-24)26(33)28-20-6-2-1-3-7-20/h4-5,8-16,20H,1-3,6-7H2,(H,28,33)(H,29,30)(H,27,31,32). The van der Waals surface area contributed by atoms with Crippen molar-refractivity contribution < 1.29 is 9.59 Å². The average Bonchev–Trinajstić information content (AvgIpc) is 3.29. The number of imidazole rings is 1. The summed E-state index contributed by atoms with van der Waals surface area (Å²) in [6, 6.07) is 18.4. The topological polar surface area (TPSA) is 99.8 Å². The lowest BCUT2D eigenvalue weighted by Crippen LogP contribution is -2.36. The number of hydrogen-bond acceptors (Lipinski definition) is 4. The molecule has 1 fully saturated rings. The number of benzene rings is 2. The fourth-order valence-electron chi connectivity index (χ4n) is 4.21. The molecule has 2 amide bonds. The van der Waals surface area contributed by atoms with Crippen LogP contribution in [0.3, 0.4) is 0 Å². The van der Waals surface area contributed by atoms with Crippen LogP contribution in [0.2, 0.25) is 0 Å². The first-order valence-electron chi connectivity index (χ1n) is 11.3. The largest absolute Gasteiger partial charge is 0.349 e. The minimum atomic E-state index is -0.224. The molecule has 0 radical (unpaired) electrons. The number of anilines is 1. The summed E-state index contributed by atoms with van der Waals surface area (Å²) in [5.74, 6) is 0.931. The number of amides is 2. The van der Waals surface area contributed by atoms with E-state index in [0.717, 1.165) is 29.4 Å². The first-order valence-corrected chi connectivity index (χ1v) is 11.3. The molecule has 0 atom stereocenters. The van der Waals surface area contributed by atoms with E-state index in [1.807, 2.05) is 36.4 Å². The predicted octanol–water partition coefficient (Wildman–Crippen LogP) is 4.94.